The van der Waals surface area contributed by atoms with Crippen LogP contribution < -0.4 is 4.18 Å². The molecule has 0 unspecified atom stereocenters. The number of aryl methyl sites for hydroxylation is 2. The van der Waals surface area contributed by atoms with Crippen LogP contribution in [0, 0.1) is 25.5 Å². The van der Waals surface area contributed by atoms with E-state index in [1.165, 1.54) is 0 Å². The van der Waals surface area contributed by atoms with Crippen LogP contribution in [0.4, 0.5) is 8.78 Å². The Kier molecular flexibility index (Phi) is 3.76. The minimum Gasteiger partial charge on any atom is -0.378 e. The van der Waals surface area contributed by atoms with E-state index in [0.717, 1.165) is 18.2 Å². The molecule has 0 aliphatic rings. The normalized spacial score (nSPS) is 11.4. The number of para-hydroxylation sites is 1. The van der Waals surface area contributed by atoms with E-state index in [2.05, 4.69) is 0 Å². The van der Waals surface area contributed by atoms with Crippen LogP contribution in [0.5, 0.6) is 5.75 Å². The van der Waals surface area contributed by atoms with Gasteiger partial charge in [0.2, 0.25) is 0 Å². The predicted octanol–water partition coefficient (Wildman–Crippen LogP) is 3.35. The minimum absolute atomic E-state index is 0.0788. The summed E-state index contributed by atoms with van der Waals surface area (Å²) in [7, 11) is -4.57. The molecule has 0 atom stereocenters. The maximum Gasteiger partial charge on any atom is 0.345 e. The third kappa shape index (κ3) is 2.65. The first-order chi connectivity index (χ1) is 9.33. The first-order valence-corrected chi connectivity index (χ1v) is 7.18. The molecule has 0 aliphatic heterocycles. The summed E-state index contributed by atoms with van der Waals surface area (Å²) in [5.74, 6) is -2.29. The van der Waals surface area contributed by atoms with E-state index in [1.54, 1.807) is 32.0 Å². The molecule has 106 valence electrons. The average Bonchev–Trinajstić information content (AvgIpc) is 2.33. The lowest BCUT2D eigenvalue weighted by Crippen LogP contribution is -2.15. The highest BCUT2D eigenvalue weighted by atomic mass is 32.2. The summed E-state index contributed by atoms with van der Waals surface area (Å²) < 4.78 is 56.1. The first kappa shape index (κ1) is 14.5. The Morgan fingerprint density at radius 3 is 1.85 bits per heavy atom. The van der Waals surface area contributed by atoms with Crippen LogP contribution in [0.2, 0.25) is 0 Å². The van der Waals surface area contributed by atoms with Gasteiger partial charge in [0, 0.05) is 0 Å². The lowest BCUT2D eigenvalue weighted by Gasteiger charge is -2.12. The standard InChI is InChI=1S/C14H12F2O3S/c1-9-5-3-6-10(2)13(9)19-20(17,18)14-11(15)7-4-8-12(14)16/h3-8H,1-2H3. The molecule has 2 aromatic carbocycles. The summed E-state index contributed by atoms with van der Waals surface area (Å²) in [6, 6.07) is 7.84. The number of hydrogen-bond acceptors (Lipinski definition) is 3. The monoisotopic (exact) mass is 298 g/mol. The van der Waals surface area contributed by atoms with Crippen molar-refractivity contribution in [2.45, 2.75) is 18.7 Å². The van der Waals surface area contributed by atoms with E-state index in [4.69, 9.17) is 4.18 Å². The van der Waals surface area contributed by atoms with Crippen molar-refractivity contribution in [1.29, 1.82) is 0 Å². The van der Waals surface area contributed by atoms with E-state index in [0.29, 0.717) is 11.1 Å². The molecule has 0 fully saturated rings. The Labute approximate surface area is 115 Å². The van der Waals surface area contributed by atoms with Gasteiger partial charge in [0.15, 0.2) is 4.90 Å². The maximum absolute atomic E-state index is 13.6. The Hall–Kier alpha value is -1.95. The molecule has 0 bridgehead atoms. The molecule has 20 heavy (non-hydrogen) atoms. The molecule has 0 aliphatic carbocycles. The Morgan fingerprint density at radius 2 is 1.35 bits per heavy atom. The Balaban J connectivity index is 2.53. The largest absolute Gasteiger partial charge is 0.378 e. The van der Waals surface area contributed by atoms with E-state index in [9.17, 15) is 17.2 Å². The van der Waals surface area contributed by atoms with Gasteiger partial charge >= 0.3 is 10.1 Å². The van der Waals surface area contributed by atoms with Crippen LogP contribution in [-0.4, -0.2) is 8.42 Å². The highest BCUT2D eigenvalue weighted by Crippen LogP contribution is 2.28. The highest BCUT2D eigenvalue weighted by molar-refractivity contribution is 7.87. The number of benzene rings is 2. The van der Waals surface area contributed by atoms with E-state index in [-0.39, 0.29) is 5.75 Å². The number of halogens is 2. The number of hydrogen-bond donors (Lipinski definition) is 0. The lowest BCUT2D eigenvalue weighted by molar-refractivity contribution is 0.457. The fraction of sp³-hybridized carbons (Fsp3) is 0.143. The predicted molar refractivity (Wildman–Crippen MR) is 70.1 cm³/mol. The van der Waals surface area contributed by atoms with Crippen molar-refractivity contribution >= 4 is 10.1 Å². The van der Waals surface area contributed by atoms with Gasteiger partial charge in [-0.25, -0.2) is 8.78 Å². The molecular formula is C14H12F2O3S. The zero-order valence-electron chi connectivity index (χ0n) is 10.9. The van der Waals surface area contributed by atoms with Crippen molar-refractivity contribution in [3.8, 4) is 5.75 Å². The van der Waals surface area contributed by atoms with Gasteiger partial charge < -0.3 is 4.18 Å². The van der Waals surface area contributed by atoms with Crippen LogP contribution >= 0.6 is 0 Å². The van der Waals surface area contributed by atoms with Crippen LogP contribution in [0.3, 0.4) is 0 Å². The van der Waals surface area contributed by atoms with Crippen LogP contribution in [0.15, 0.2) is 41.3 Å². The average molecular weight is 298 g/mol. The molecule has 2 rings (SSSR count). The molecule has 0 spiro atoms. The number of rotatable bonds is 3. The van der Waals surface area contributed by atoms with Gasteiger partial charge in [0.25, 0.3) is 0 Å². The molecule has 0 heterocycles. The lowest BCUT2D eigenvalue weighted by atomic mass is 10.1. The van der Waals surface area contributed by atoms with Crippen molar-refractivity contribution in [1.82, 2.24) is 0 Å². The molecular weight excluding hydrogens is 286 g/mol. The molecule has 0 N–H and O–H groups in total. The molecule has 6 heteroatoms. The van der Waals surface area contributed by atoms with Gasteiger partial charge in [-0.3, -0.25) is 0 Å². The van der Waals surface area contributed by atoms with Gasteiger partial charge in [-0.2, -0.15) is 8.42 Å². The summed E-state index contributed by atoms with van der Waals surface area (Å²) in [5, 5.41) is 0. The smallest absolute Gasteiger partial charge is 0.345 e. The zero-order chi connectivity index (χ0) is 14.9. The molecule has 0 aromatic heterocycles. The van der Waals surface area contributed by atoms with Crippen molar-refractivity contribution in [2.24, 2.45) is 0 Å². The molecule has 0 saturated carbocycles. The topological polar surface area (TPSA) is 43.4 Å². The van der Waals surface area contributed by atoms with Crippen molar-refractivity contribution in [3.63, 3.8) is 0 Å². The van der Waals surface area contributed by atoms with Gasteiger partial charge in [-0.05, 0) is 37.1 Å². The second-order valence-electron chi connectivity index (χ2n) is 4.31. The van der Waals surface area contributed by atoms with E-state index in [1.807, 2.05) is 0 Å². The Bertz CT molecular complexity index is 715. The van der Waals surface area contributed by atoms with Crippen molar-refractivity contribution < 1.29 is 21.4 Å². The van der Waals surface area contributed by atoms with Gasteiger partial charge in [-0.1, -0.05) is 24.3 Å². The highest BCUT2D eigenvalue weighted by Gasteiger charge is 2.27. The van der Waals surface area contributed by atoms with Crippen LogP contribution in [0.1, 0.15) is 11.1 Å². The molecule has 3 nitrogen and oxygen atoms in total. The summed E-state index contributed by atoms with van der Waals surface area (Å²) in [4.78, 5) is -1.08. The zero-order valence-corrected chi connectivity index (χ0v) is 11.7. The van der Waals surface area contributed by atoms with Gasteiger partial charge in [-0.15, -0.1) is 0 Å². The van der Waals surface area contributed by atoms with Crippen LogP contribution in [0.25, 0.3) is 0 Å². The molecule has 0 radical (unpaired) electrons. The van der Waals surface area contributed by atoms with Crippen molar-refractivity contribution in [3.05, 3.63) is 59.2 Å². The van der Waals surface area contributed by atoms with Gasteiger partial charge in [0.1, 0.15) is 17.4 Å². The second kappa shape index (κ2) is 5.20. The fourth-order valence-corrected chi connectivity index (χ4v) is 2.98. The third-order valence-electron chi connectivity index (χ3n) is 2.77. The summed E-state index contributed by atoms with van der Waals surface area (Å²) >= 11 is 0. The second-order valence-corrected chi connectivity index (χ2v) is 5.79. The summed E-state index contributed by atoms with van der Waals surface area (Å²) in [6.45, 7) is 3.30. The van der Waals surface area contributed by atoms with Crippen molar-refractivity contribution in [2.75, 3.05) is 0 Å². The molecule has 0 amide bonds. The van der Waals surface area contributed by atoms with Gasteiger partial charge in [0.05, 0.1) is 0 Å². The maximum atomic E-state index is 13.6. The van der Waals surface area contributed by atoms with Crippen LogP contribution in [-0.2, 0) is 10.1 Å². The van der Waals surface area contributed by atoms with E-state index >= 15 is 0 Å². The van der Waals surface area contributed by atoms with E-state index < -0.39 is 26.6 Å². The first-order valence-electron chi connectivity index (χ1n) is 5.77. The fourth-order valence-electron chi connectivity index (χ4n) is 1.80. The molecule has 2 aromatic rings. The quantitative estimate of drug-likeness (QED) is 0.816. The summed E-state index contributed by atoms with van der Waals surface area (Å²) in [6.07, 6.45) is 0. The molecule has 0 saturated heterocycles. The Morgan fingerprint density at radius 1 is 0.900 bits per heavy atom. The third-order valence-corrected chi connectivity index (χ3v) is 4.05. The summed E-state index contributed by atoms with van der Waals surface area (Å²) in [5.41, 5.74) is 1.12. The minimum atomic E-state index is -4.57. The SMILES string of the molecule is Cc1cccc(C)c1OS(=O)(=O)c1c(F)cccc1F.